The summed E-state index contributed by atoms with van der Waals surface area (Å²) in [6.07, 6.45) is 3.02. The first kappa shape index (κ1) is 12.9. The van der Waals surface area contributed by atoms with Crippen LogP contribution in [0.5, 0.6) is 0 Å². The van der Waals surface area contributed by atoms with Gasteiger partial charge in [0.1, 0.15) is 0 Å². The minimum atomic E-state index is -3.85. The summed E-state index contributed by atoms with van der Waals surface area (Å²) >= 11 is 0. The van der Waals surface area contributed by atoms with Crippen molar-refractivity contribution < 1.29 is 18.1 Å². The van der Waals surface area contributed by atoms with Crippen LogP contribution in [0, 0.1) is 0 Å². The maximum atomic E-state index is 10.3. The molecule has 80 valence electrons. The summed E-state index contributed by atoms with van der Waals surface area (Å²) in [7, 11) is -3.85. The fourth-order valence-electron chi connectivity index (χ4n) is 1.09. The maximum absolute atomic E-state index is 10.3. The van der Waals surface area contributed by atoms with Gasteiger partial charge in [-0.25, -0.2) is 0 Å². The first-order valence-corrected chi connectivity index (χ1v) is 6.20. The molecule has 0 aromatic rings. The molecule has 0 aliphatic rings. The van der Waals surface area contributed by atoms with E-state index in [4.69, 9.17) is 4.55 Å². The topological polar surface area (TPSA) is 74.6 Å². The summed E-state index contributed by atoms with van der Waals surface area (Å²) in [6, 6.07) is 0. The van der Waals surface area contributed by atoms with Crippen molar-refractivity contribution in [2.45, 2.75) is 45.1 Å². The van der Waals surface area contributed by atoms with E-state index in [0.717, 1.165) is 12.8 Å². The zero-order chi connectivity index (χ0) is 10.3. The van der Waals surface area contributed by atoms with Crippen LogP contribution in [0.15, 0.2) is 0 Å². The molecule has 13 heavy (non-hydrogen) atoms. The Hall–Kier alpha value is -0.130. The van der Waals surface area contributed by atoms with Gasteiger partial charge in [-0.2, -0.15) is 8.42 Å². The zero-order valence-corrected chi connectivity index (χ0v) is 8.76. The lowest BCUT2D eigenvalue weighted by molar-refractivity contribution is 0.151. The van der Waals surface area contributed by atoms with Gasteiger partial charge in [0.15, 0.2) is 0 Å². The smallest absolute Gasteiger partial charge is 0.264 e. The van der Waals surface area contributed by atoms with E-state index in [1.807, 2.05) is 6.92 Å². The SMILES string of the molecule is CCCCC(O)CCCS(=O)(=O)O. The minimum absolute atomic E-state index is 0.254. The predicted octanol–water partition coefficient (Wildman–Crippen LogP) is 1.21. The van der Waals surface area contributed by atoms with Crippen LogP contribution in [0.1, 0.15) is 39.0 Å². The molecule has 0 saturated carbocycles. The van der Waals surface area contributed by atoms with Gasteiger partial charge in [0.2, 0.25) is 0 Å². The van der Waals surface area contributed by atoms with Crippen molar-refractivity contribution in [2.75, 3.05) is 5.75 Å². The summed E-state index contributed by atoms with van der Waals surface area (Å²) in [5, 5.41) is 9.30. The summed E-state index contributed by atoms with van der Waals surface area (Å²) in [6.45, 7) is 2.03. The van der Waals surface area contributed by atoms with Crippen LogP contribution in [0.25, 0.3) is 0 Å². The highest BCUT2D eigenvalue weighted by Gasteiger charge is 2.07. The van der Waals surface area contributed by atoms with Crippen LogP contribution in [0.2, 0.25) is 0 Å². The molecular formula is C8H18O4S. The number of aliphatic hydroxyl groups excluding tert-OH is 1. The Balaban J connectivity index is 3.42. The number of hydrogen-bond donors (Lipinski definition) is 2. The normalized spacial score (nSPS) is 14.4. The van der Waals surface area contributed by atoms with Crippen molar-refractivity contribution in [3.05, 3.63) is 0 Å². The van der Waals surface area contributed by atoms with Gasteiger partial charge in [0.25, 0.3) is 10.1 Å². The van der Waals surface area contributed by atoms with Crippen molar-refractivity contribution in [3.8, 4) is 0 Å². The second-order valence-corrected chi connectivity index (χ2v) is 4.80. The quantitative estimate of drug-likeness (QED) is 0.619. The van der Waals surface area contributed by atoms with Crippen molar-refractivity contribution in [1.29, 1.82) is 0 Å². The fourth-order valence-corrected chi connectivity index (χ4v) is 1.62. The molecule has 0 saturated heterocycles. The van der Waals surface area contributed by atoms with E-state index in [2.05, 4.69) is 0 Å². The number of unbranched alkanes of at least 4 members (excludes halogenated alkanes) is 1. The summed E-state index contributed by atoms with van der Waals surface area (Å²) in [4.78, 5) is 0. The second kappa shape index (κ2) is 6.34. The van der Waals surface area contributed by atoms with Crippen molar-refractivity contribution in [2.24, 2.45) is 0 Å². The van der Waals surface area contributed by atoms with Crippen LogP contribution in [-0.4, -0.2) is 29.9 Å². The lowest BCUT2D eigenvalue weighted by Crippen LogP contribution is -2.10. The molecule has 0 radical (unpaired) electrons. The fraction of sp³-hybridized carbons (Fsp3) is 1.00. The molecule has 0 fully saturated rings. The van der Waals surface area contributed by atoms with Gasteiger partial charge in [-0.05, 0) is 19.3 Å². The molecule has 0 rings (SSSR count). The molecule has 0 bridgehead atoms. The zero-order valence-electron chi connectivity index (χ0n) is 7.94. The number of aliphatic hydroxyl groups is 1. The monoisotopic (exact) mass is 210 g/mol. The largest absolute Gasteiger partial charge is 0.393 e. The van der Waals surface area contributed by atoms with E-state index in [1.165, 1.54) is 0 Å². The summed E-state index contributed by atoms with van der Waals surface area (Å²) < 4.78 is 29.0. The third kappa shape index (κ3) is 9.79. The standard InChI is InChI=1S/C8H18O4S/c1-2-3-5-8(9)6-4-7-13(10,11)12/h8-9H,2-7H2,1H3,(H,10,11,12). The van der Waals surface area contributed by atoms with Gasteiger partial charge >= 0.3 is 0 Å². The van der Waals surface area contributed by atoms with Crippen molar-refractivity contribution in [3.63, 3.8) is 0 Å². The van der Waals surface area contributed by atoms with E-state index in [-0.39, 0.29) is 5.75 Å². The molecule has 0 spiro atoms. The van der Waals surface area contributed by atoms with E-state index < -0.39 is 16.2 Å². The average molecular weight is 210 g/mol. The van der Waals surface area contributed by atoms with Gasteiger partial charge in [-0.3, -0.25) is 4.55 Å². The highest BCUT2D eigenvalue weighted by atomic mass is 32.2. The molecule has 0 heterocycles. The van der Waals surface area contributed by atoms with Crippen LogP contribution in [-0.2, 0) is 10.1 Å². The Morgan fingerprint density at radius 3 is 2.23 bits per heavy atom. The molecular weight excluding hydrogens is 192 g/mol. The van der Waals surface area contributed by atoms with E-state index in [0.29, 0.717) is 19.3 Å². The molecule has 0 amide bonds. The first-order valence-electron chi connectivity index (χ1n) is 4.59. The molecule has 0 aromatic carbocycles. The van der Waals surface area contributed by atoms with Gasteiger partial charge in [-0.15, -0.1) is 0 Å². The van der Waals surface area contributed by atoms with E-state index in [9.17, 15) is 13.5 Å². The lowest BCUT2D eigenvalue weighted by Gasteiger charge is -2.08. The minimum Gasteiger partial charge on any atom is -0.393 e. The molecule has 1 atom stereocenters. The highest BCUT2D eigenvalue weighted by molar-refractivity contribution is 7.85. The average Bonchev–Trinajstić information content (AvgIpc) is 1.98. The molecule has 2 N–H and O–H groups in total. The summed E-state index contributed by atoms with van der Waals surface area (Å²) in [5.41, 5.74) is 0. The van der Waals surface area contributed by atoms with Crippen LogP contribution in [0.4, 0.5) is 0 Å². The number of rotatable bonds is 7. The Labute approximate surface area is 79.7 Å². The summed E-state index contributed by atoms with van der Waals surface area (Å²) in [5.74, 6) is -0.254. The van der Waals surface area contributed by atoms with Crippen molar-refractivity contribution in [1.82, 2.24) is 0 Å². The third-order valence-corrected chi connectivity index (χ3v) is 2.64. The molecule has 0 aromatic heterocycles. The van der Waals surface area contributed by atoms with Crippen LogP contribution < -0.4 is 0 Å². The molecule has 0 aliphatic carbocycles. The molecule has 0 aliphatic heterocycles. The van der Waals surface area contributed by atoms with Gasteiger partial charge in [-0.1, -0.05) is 19.8 Å². The van der Waals surface area contributed by atoms with E-state index >= 15 is 0 Å². The van der Waals surface area contributed by atoms with Gasteiger partial charge in [0.05, 0.1) is 11.9 Å². The third-order valence-electron chi connectivity index (χ3n) is 1.83. The maximum Gasteiger partial charge on any atom is 0.264 e. The second-order valence-electron chi connectivity index (χ2n) is 3.22. The first-order chi connectivity index (χ1) is 5.95. The Morgan fingerprint density at radius 1 is 1.23 bits per heavy atom. The molecule has 1 unspecified atom stereocenters. The van der Waals surface area contributed by atoms with Crippen LogP contribution >= 0.6 is 0 Å². The Morgan fingerprint density at radius 2 is 1.77 bits per heavy atom. The van der Waals surface area contributed by atoms with Crippen LogP contribution in [0.3, 0.4) is 0 Å². The lowest BCUT2D eigenvalue weighted by atomic mass is 10.1. The molecule has 4 nitrogen and oxygen atoms in total. The van der Waals surface area contributed by atoms with Gasteiger partial charge < -0.3 is 5.11 Å². The predicted molar refractivity (Wildman–Crippen MR) is 51.2 cm³/mol. The Bertz CT molecular complexity index is 210. The van der Waals surface area contributed by atoms with Crippen molar-refractivity contribution >= 4 is 10.1 Å². The highest BCUT2D eigenvalue weighted by Crippen LogP contribution is 2.07. The van der Waals surface area contributed by atoms with Gasteiger partial charge in [0, 0.05) is 0 Å². The Kier molecular flexibility index (Phi) is 6.28. The van der Waals surface area contributed by atoms with E-state index in [1.54, 1.807) is 0 Å². The number of hydrogen-bond acceptors (Lipinski definition) is 3. The molecule has 5 heteroatoms.